The Labute approximate surface area is 116 Å². The van der Waals surface area contributed by atoms with Crippen LogP contribution in [0.15, 0.2) is 15.9 Å². The summed E-state index contributed by atoms with van der Waals surface area (Å²) in [6.07, 6.45) is 0. The smallest absolute Gasteiger partial charge is 0.0343 e. The molecular weight excluding hydrogens is 358 g/mol. The third-order valence-electron chi connectivity index (χ3n) is 2.57. The van der Waals surface area contributed by atoms with Crippen molar-refractivity contribution >= 4 is 55.0 Å². The molecule has 0 aromatic carbocycles. The van der Waals surface area contributed by atoms with Gasteiger partial charge in [-0.2, -0.15) is 11.8 Å². The van der Waals surface area contributed by atoms with Crippen LogP contribution >= 0.6 is 55.0 Å². The van der Waals surface area contributed by atoms with Crippen molar-refractivity contribution in [3.63, 3.8) is 0 Å². The topological polar surface area (TPSA) is 3.24 Å². The Bertz CT molecular complexity index is 316. The Morgan fingerprint density at radius 3 is 3.07 bits per heavy atom. The van der Waals surface area contributed by atoms with Crippen molar-refractivity contribution < 1.29 is 0 Å². The van der Waals surface area contributed by atoms with Crippen LogP contribution in [0.1, 0.15) is 4.88 Å². The summed E-state index contributed by atoms with van der Waals surface area (Å²) >= 11 is 11.1. The molecule has 84 valence electrons. The molecule has 1 atom stereocenters. The largest absolute Gasteiger partial charge is 0.293 e. The lowest BCUT2D eigenvalue weighted by molar-refractivity contribution is 0.230. The van der Waals surface area contributed by atoms with E-state index in [1.807, 2.05) is 11.3 Å². The van der Waals surface area contributed by atoms with Gasteiger partial charge in [0.25, 0.3) is 0 Å². The van der Waals surface area contributed by atoms with E-state index in [2.05, 4.69) is 60.0 Å². The Morgan fingerprint density at radius 1 is 1.53 bits per heavy atom. The van der Waals surface area contributed by atoms with E-state index in [-0.39, 0.29) is 0 Å². The number of hydrogen-bond donors (Lipinski definition) is 0. The Hall–Kier alpha value is 0.970. The second kappa shape index (κ2) is 6.05. The maximum Gasteiger partial charge on any atom is 0.0343 e. The van der Waals surface area contributed by atoms with E-state index in [0.29, 0.717) is 6.04 Å². The van der Waals surface area contributed by atoms with Crippen LogP contribution in [0.25, 0.3) is 0 Å². The summed E-state index contributed by atoms with van der Waals surface area (Å²) in [6.45, 7) is 2.31. The average molecular weight is 371 g/mol. The minimum absolute atomic E-state index is 0.692. The summed E-state index contributed by atoms with van der Waals surface area (Å²) < 4.78 is 1.26. The summed E-state index contributed by atoms with van der Waals surface area (Å²) in [5, 5.41) is 3.24. The molecule has 0 radical (unpaired) electrons. The first-order valence-corrected chi connectivity index (χ1v) is 8.85. The van der Waals surface area contributed by atoms with E-state index < -0.39 is 0 Å². The molecule has 0 aliphatic carbocycles. The number of rotatable bonds is 3. The molecule has 0 amide bonds. The third kappa shape index (κ3) is 3.22. The summed E-state index contributed by atoms with van der Waals surface area (Å²) in [7, 11) is 0. The van der Waals surface area contributed by atoms with Gasteiger partial charge in [-0.3, -0.25) is 4.90 Å². The van der Waals surface area contributed by atoms with Gasteiger partial charge < -0.3 is 0 Å². The van der Waals surface area contributed by atoms with Crippen molar-refractivity contribution in [2.45, 2.75) is 12.6 Å². The minimum atomic E-state index is 0.692. The van der Waals surface area contributed by atoms with Gasteiger partial charge in [0.05, 0.1) is 0 Å². The van der Waals surface area contributed by atoms with E-state index in [0.717, 1.165) is 11.9 Å². The molecule has 0 saturated carbocycles. The zero-order valence-corrected chi connectivity index (χ0v) is 13.1. The molecule has 1 saturated heterocycles. The second-order valence-electron chi connectivity index (χ2n) is 3.55. The Kier molecular flexibility index (Phi) is 5.01. The highest BCUT2D eigenvalue weighted by Gasteiger charge is 2.22. The molecule has 1 aromatic rings. The van der Waals surface area contributed by atoms with Gasteiger partial charge in [0, 0.05) is 45.3 Å². The molecule has 0 bridgehead atoms. The fraction of sp³-hybridized carbons (Fsp3) is 0.600. The average Bonchev–Trinajstić information content (AvgIpc) is 2.65. The molecule has 1 nitrogen and oxygen atoms in total. The first kappa shape index (κ1) is 12.4. The number of thiophene rings is 1. The van der Waals surface area contributed by atoms with Crippen LogP contribution < -0.4 is 0 Å². The van der Waals surface area contributed by atoms with E-state index in [9.17, 15) is 0 Å². The highest BCUT2D eigenvalue weighted by atomic mass is 79.9. The van der Waals surface area contributed by atoms with Gasteiger partial charge in [-0.05, 0) is 27.4 Å². The summed E-state index contributed by atoms with van der Waals surface area (Å²) in [4.78, 5) is 4.04. The molecule has 1 aliphatic heterocycles. The molecule has 2 rings (SSSR count). The zero-order chi connectivity index (χ0) is 10.7. The van der Waals surface area contributed by atoms with E-state index >= 15 is 0 Å². The van der Waals surface area contributed by atoms with Crippen molar-refractivity contribution in [3.05, 3.63) is 20.8 Å². The third-order valence-corrected chi connectivity index (χ3v) is 6.32. The second-order valence-corrected chi connectivity index (χ2v) is 7.20. The molecule has 0 spiro atoms. The molecule has 15 heavy (non-hydrogen) atoms. The molecule has 0 N–H and O–H groups in total. The van der Waals surface area contributed by atoms with Crippen LogP contribution in [-0.2, 0) is 6.54 Å². The predicted octanol–water partition coefficient (Wildman–Crippen LogP) is 3.82. The van der Waals surface area contributed by atoms with Crippen molar-refractivity contribution in [2.24, 2.45) is 0 Å². The van der Waals surface area contributed by atoms with E-state index in [4.69, 9.17) is 0 Å². The van der Waals surface area contributed by atoms with Crippen LogP contribution in [0.4, 0.5) is 0 Å². The van der Waals surface area contributed by atoms with Gasteiger partial charge in [0.1, 0.15) is 0 Å². The highest BCUT2D eigenvalue weighted by Crippen LogP contribution is 2.27. The number of halogens is 2. The lowest BCUT2D eigenvalue weighted by atomic mass is 10.3. The first-order valence-electron chi connectivity index (χ1n) is 4.91. The van der Waals surface area contributed by atoms with Gasteiger partial charge in [-0.1, -0.05) is 15.9 Å². The standard InChI is InChI=1S/C10H13Br2NS2/c11-5-8-7-14-4-2-13(8)6-10-9(12)1-3-15-10/h1,3,8H,2,4-7H2. The van der Waals surface area contributed by atoms with Crippen LogP contribution in [0.5, 0.6) is 0 Å². The van der Waals surface area contributed by atoms with Crippen LogP contribution in [0.2, 0.25) is 0 Å². The molecule has 1 aliphatic rings. The minimum Gasteiger partial charge on any atom is -0.293 e. The van der Waals surface area contributed by atoms with Crippen LogP contribution in [0, 0.1) is 0 Å². The number of alkyl halides is 1. The fourth-order valence-electron chi connectivity index (χ4n) is 1.66. The van der Waals surface area contributed by atoms with E-state index in [1.54, 1.807) is 0 Å². The van der Waals surface area contributed by atoms with Gasteiger partial charge >= 0.3 is 0 Å². The molecule has 1 aromatic heterocycles. The molecular formula is C10H13Br2NS2. The lowest BCUT2D eigenvalue weighted by Gasteiger charge is -2.34. The lowest BCUT2D eigenvalue weighted by Crippen LogP contribution is -2.42. The quantitative estimate of drug-likeness (QED) is 0.744. The van der Waals surface area contributed by atoms with Crippen molar-refractivity contribution in [2.75, 3.05) is 23.4 Å². The maximum absolute atomic E-state index is 3.61. The van der Waals surface area contributed by atoms with Gasteiger partial charge in [0.2, 0.25) is 0 Å². The first-order chi connectivity index (χ1) is 7.31. The van der Waals surface area contributed by atoms with Gasteiger partial charge in [-0.15, -0.1) is 11.3 Å². The predicted molar refractivity (Wildman–Crippen MR) is 77.3 cm³/mol. The number of thioether (sulfide) groups is 1. The monoisotopic (exact) mass is 369 g/mol. The van der Waals surface area contributed by atoms with Crippen molar-refractivity contribution in [3.8, 4) is 0 Å². The fourth-order valence-corrected chi connectivity index (χ4v) is 5.24. The Balaban J connectivity index is 2.00. The van der Waals surface area contributed by atoms with Crippen molar-refractivity contribution in [1.29, 1.82) is 0 Å². The summed E-state index contributed by atoms with van der Waals surface area (Å²) in [6, 6.07) is 2.83. The SMILES string of the molecule is BrCC1CSCCN1Cc1sccc1Br. The number of hydrogen-bond acceptors (Lipinski definition) is 3. The maximum atomic E-state index is 3.61. The van der Waals surface area contributed by atoms with Gasteiger partial charge in [-0.25, -0.2) is 0 Å². The summed E-state index contributed by atoms with van der Waals surface area (Å²) in [5.74, 6) is 2.53. The number of nitrogens with zero attached hydrogens (tertiary/aromatic N) is 1. The molecule has 5 heteroatoms. The van der Waals surface area contributed by atoms with Gasteiger partial charge in [0.15, 0.2) is 0 Å². The zero-order valence-electron chi connectivity index (χ0n) is 8.29. The van der Waals surface area contributed by atoms with E-state index in [1.165, 1.54) is 27.4 Å². The summed E-state index contributed by atoms with van der Waals surface area (Å²) in [5.41, 5.74) is 0. The van der Waals surface area contributed by atoms with Crippen LogP contribution in [-0.4, -0.2) is 34.3 Å². The Morgan fingerprint density at radius 2 is 2.40 bits per heavy atom. The molecule has 1 unspecified atom stereocenters. The van der Waals surface area contributed by atoms with Crippen LogP contribution in [0.3, 0.4) is 0 Å². The normalized spacial score (nSPS) is 23.2. The molecule has 2 heterocycles. The van der Waals surface area contributed by atoms with Crippen molar-refractivity contribution in [1.82, 2.24) is 4.90 Å². The highest BCUT2D eigenvalue weighted by molar-refractivity contribution is 9.10. The molecule has 1 fully saturated rings.